The zero-order valence-corrected chi connectivity index (χ0v) is 21.8. The summed E-state index contributed by atoms with van der Waals surface area (Å²) in [6.45, 7) is 5.09. The third kappa shape index (κ3) is 5.94. The molecule has 9 heteroatoms. The van der Waals surface area contributed by atoms with Crippen LogP contribution in [-0.2, 0) is 34.2 Å². The average molecular weight is 518 g/mol. The summed E-state index contributed by atoms with van der Waals surface area (Å²) in [6.07, 6.45) is 1.22. The number of aryl methyl sites for hydroxylation is 2. The number of ether oxygens (including phenoxy) is 1. The van der Waals surface area contributed by atoms with Gasteiger partial charge in [-0.05, 0) is 30.0 Å². The van der Waals surface area contributed by atoms with Crippen LogP contribution in [0.1, 0.15) is 53.2 Å². The van der Waals surface area contributed by atoms with E-state index in [-0.39, 0.29) is 36.1 Å². The van der Waals surface area contributed by atoms with E-state index < -0.39 is 30.0 Å². The summed E-state index contributed by atoms with van der Waals surface area (Å²) in [7, 11) is 1.93. The Morgan fingerprint density at radius 3 is 2.42 bits per heavy atom. The van der Waals surface area contributed by atoms with Crippen molar-refractivity contribution in [3.05, 3.63) is 89.3 Å². The van der Waals surface area contributed by atoms with Crippen LogP contribution in [0.3, 0.4) is 0 Å². The number of hydrogen-bond acceptors (Lipinski definition) is 6. The van der Waals surface area contributed by atoms with Gasteiger partial charge in [-0.3, -0.25) is 9.59 Å². The van der Waals surface area contributed by atoms with Crippen molar-refractivity contribution in [1.82, 2.24) is 14.9 Å². The van der Waals surface area contributed by atoms with Gasteiger partial charge in [0, 0.05) is 30.6 Å². The lowest BCUT2D eigenvalue weighted by atomic mass is 10.0. The van der Waals surface area contributed by atoms with E-state index in [1.54, 1.807) is 13.8 Å². The molecule has 1 amide bonds. The van der Waals surface area contributed by atoms with Gasteiger partial charge in [0.15, 0.2) is 11.8 Å². The van der Waals surface area contributed by atoms with E-state index in [0.717, 1.165) is 22.0 Å². The molecule has 2 atom stereocenters. The monoisotopic (exact) mass is 517 g/mol. The van der Waals surface area contributed by atoms with Crippen molar-refractivity contribution in [1.29, 1.82) is 0 Å². The fourth-order valence-electron chi connectivity index (χ4n) is 4.46. The van der Waals surface area contributed by atoms with Gasteiger partial charge in [-0.25, -0.2) is 9.78 Å². The lowest BCUT2D eigenvalue weighted by Crippen LogP contribution is -2.43. The first-order valence-electron chi connectivity index (χ1n) is 12.4. The number of rotatable bonds is 10. The quantitative estimate of drug-likeness (QED) is 0.299. The van der Waals surface area contributed by atoms with Crippen LogP contribution in [0.15, 0.2) is 65.2 Å². The van der Waals surface area contributed by atoms with Crippen LogP contribution in [0, 0.1) is 12.8 Å². The number of nitrogens with one attached hydrogen (secondary N) is 1. The topological polar surface area (TPSA) is 124 Å². The Bertz CT molecular complexity index is 1450. The molecule has 198 valence electrons. The van der Waals surface area contributed by atoms with Gasteiger partial charge in [-0.1, -0.05) is 62.4 Å². The molecule has 0 unspecified atom stereocenters. The molecular weight excluding hydrogens is 486 g/mol. The van der Waals surface area contributed by atoms with E-state index in [0.29, 0.717) is 0 Å². The number of carbonyl (C=O) groups excluding carboxylic acids is 2. The van der Waals surface area contributed by atoms with E-state index in [4.69, 9.17) is 9.15 Å². The lowest BCUT2D eigenvalue weighted by Gasteiger charge is -2.23. The summed E-state index contributed by atoms with van der Waals surface area (Å²) in [6, 6.07) is 16.2. The highest BCUT2D eigenvalue weighted by atomic mass is 16.5. The maximum atomic E-state index is 13.5. The Hall–Kier alpha value is -4.40. The van der Waals surface area contributed by atoms with Crippen molar-refractivity contribution >= 4 is 28.7 Å². The first-order valence-corrected chi connectivity index (χ1v) is 12.4. The molecule has 0 radical (unpaired) electrons. The highest BCUT2D eigenvalue weighted by molar-refractivity contribution is 5.87. The number of fused-ring (bicyclic) bond motifs is 1. The van der Waals surface area contributed by atoms with Crippen LogP contribution in [0.2, 0.25) is 0 Å². The number of aromatic nitrogens is 2. The molecule has 0 aliphatic carbocycles. The molecule has 2 heterocycles. The lowest BCUT2D eigenvalue weighted by molar-refractivity contribution is -0.158. The van der Waals surface area contributed by atoms with Crippen molar-refractivity contribution in [3.8, 4) is 0 Å². The first-order chi connectivity index (χ1) is 18.1. The summed E-state index contributed by atoms with van der Waals surface area (Å²) in [5.74, 6) is -2.36. The predicted octanol–water partition coefficient (Wildman–Crippen LogP) is 4.38. The van der Waals surface area contributed by atoms with Gasteiger partial charge in [0.1, 0.15) is 11.8 Å². The molecule has 0 saturated heterocycles. The number of para-hydroxylation sites is 1. The highest BCUT2D eigenvalue weighted by Crippen LogP contribution is 2.27. The van der Waals surface area contributed by atoms with Gasteiger partial charge < -0.3 is 24.1 Å². The zero-order valence-electron chi connectivity index (χ0n) is 21.8. The second kappa shape index (κ2) is 11.3. The minimum Gasteiger partial charge on any atom is -0.476 e. The van der Waals surface area contributed by atoms with E-state index in [1.165, 1.54) is 6.92 Å². The highest BCUT2D eigenvalue weighted by Gasteiger charge is 2.32. The summed E-state index contributed by atoms with van der Waals surface area (Å²) < 4.78 is 13.3. The number of benzene rings is 2. The van der Waals surface area contributed by atoms with Gasteiger partial charge in [0.25, 0.3) is 5.91 Å². The number of carbonyl (C=O) groups is 3. The van der Waals surface area contributed by atoms with E-state index in [9.17, 15) is 19.5 Å². The summed E-state index contributed by atoms with van der Waals surface area (Å²) in [5, 5.41) is 13.4. The van der Waals surface area contributed by atoms with Crippen LogP contribution < -0.4 is 5.32 Å². The number of oxazole rings is 1. The second-order valence-corrected chi connectivity index (χ2v) is 9.63. The molecule has 2 aromatic heterocycles. The van der Waals surface area contributed by atoms with Gasteiger partial charge in [-0.15, -0.1) is 0 Å². The van der Waals surface area contributed by atoms with E-state index in [2.05, 4.69) is 10.3 Å². The summed E-state index contributed by atoms with van der Waals surface area (Å²) in [4.78, 5) is 41.9. The number of carboxylic acids is 1. The number of nitrogens with zero attached hydrogens (tertiary/aromatic N) is 2. The molecule has 4 rings (SSSR count). The fourth-order valence-corrected chi connectivity index (χ4v) is 4.46. The molecule has 0 aliphatic heterocycles. The molecule has 0 fully saturated rings. The largest absolute Gasteiger partial charge is 0.476 e. The van der Waals surface area contributed by atoms with Crippen molar-refractivity contribution in [2.45, 2.75) is 45.8 Å². The SMILES string of the molecule is Cc1oc([C@@H](Cc2cn(C)c3ccccc23)NC(=O)[C@@H](OC(=O)Cc2ccccc2)C(C)C)nc1C(=O)O. The standard InChI is InChI=1S/C29H31N3O6/c1-17(2)26(38-24(33)14-19-10-6-5-7-11-19)27(34)30-22(28-31-25(29(35)36)18(3)37-28)15-20-16-32(4)23-13-9-8-12-21(20)23/h5-13,16-17,22,26H,14-15H2,1-4H3,(H,30,34)(H,35,36)/t22-,26+/m1/s1. The molecule has 0 aliphatic rings. The van der Waals surface area contributed by atoms with Crippen molar-refractivity contribution in [2.24, 2.45) is 13.0 Å². The maximum Gasteiger partial charge on any atom is 0.358 e. The van der Waals surface area contributed by atoms with Crippen molar-refractivity contribution < 1.29 is 28.6 Å². The minimum absolute atomic E-state index is 0.0394. The molecule has 4 aromatic rings. The fraction of sp³-hybridized carbons (Fsp3) is 0.310. The Morgan fingerprint density at radius 1 is 1.08 bits per heavy atom. The number of esters is 1. The van der Waals surface area contributed by atoms with E-state index in [1.807, 2.05) is 72.4 Å². The Kier molecular flexibility index (Phi) is 7.95. The molecule has 0 bridgehead atoms. The van der Waals surface area contributed by atoms with Gasteiger partial charge in [0.2, 0.25) is 5.89 Å². The molecule has 2 N–H and O–H groups in total. The third-order valence-corrected chi connectivity index (χ3v) is 6.35. The maximum absolute atomic E-state index is 13.5. The van der Waals surface area contributed by atoms with Gasteiger partial charge >= 0.3 is 11.9 Å². The predicted molar refractivity (Wildman–Crippen MR) is 141 cm³/mol. The van der Waals surface area contributed by atoms with Gasteiger partial charge in [0.05, 0.1) is 6.42 Å². The number of carboxylic acid groups (broad SMARTS) is 1. The minimum atomic E-state index is -1.22. The Morgan fingerprint density at radius 2 is 1.76 bits per heavy atom. The average Bonchev–Trinajstić information content (AvgIpc) is 3.42. The molecular formula is C29H31N3O6. The van der Waals surface area contributed by atoms with E-state index >= 15 is 0 Å². The number of amides is 1. The van der Waals surface area contributed by atoms with Crippen molar-refractivity contribution in [3.63, 3.8) is 0 Å². The van der Waals surface area contributed by atoms with Crippen LogP contribution >= 0.6 is 0 Å². The first kappa shape index (κ1) is 26.7. The Labute approximate surface area is 220 Å². The summed E-state index contributed by atoms with van der Waals surface area (Å²) >= 11 is 0. The van der Waals surface area contributed by atoms with Crippen LogP contribution in [0.5, 0.6) is 0 Å². The smallest absolute Gasteiger partial charge is 0.358 e. The molecule has 0 saturated carbocycles. The molecule has 9 nitrogen and oxygen atoms in total. The van der Waals surface area contributed by atoms with Crippen LogP contribution in [0.25, 0.3) is 10.9 Å². The molecule has 0 spiro atoms. The normalized spacial score (nSPS) is 12.9. The van der Waals surface area contributed by atoms with Gasteiger partial charge in [-0.2, -0.15) is 0 Å². The zero-order chi connectivity index (χ0) is 27.4. The number of hydrogen-bond donors (Lipinski definition) is 2. The van der Waals surface area contributed by atoms with Crippen LogP contribution in [-0.4, -0.2) is 38.6 Å². The number of aromatic carboxylic acids is 1. The third-order valence-electron chi connectivity index (χ3n) is 6.35. The van der Waals surface area contributed by atoms with Crippen LogP contribution in [0.4, 0.5) is 0 Å². The summed E-state index contributed by atoms with van der Waals surface area (Å²) in [5.41, 5.74) is 2.50. The van der Waals surface area contributed by atoms with Crippen molar-refractivity contribution in [2.75, 3.05) is 0 Å². The Balaban J connectivity index is 1.61. The second-order valence-electron chi connectivity index (χ2n) is 9.63. The molecule has 2 aromatic carbocycles. The molecule has 38 heavy (non-hydrogen) atoms.